The minimum absolute atomic E-state index is 0.136. The lowest BCUT2D eigenvalue weighted by Gasteiger charge is -2.24. The van der Waals surface area contributed by atoms with Crippen LogP contribution in [0.5, 0.6) is 0 Å². The molecule has 1 atom stereocenters. The second-order valence-electron chi connectivity index (χ2n) is 5.84. The fourth-order valence-corrected chi connectivity index (χ4v) is 3.00. The predicted molar refractivity (Wildman–Crippen MR) is 83.9 cm³/mol. The average Bonchev–Trinajstić information content (AvgIpc) is 2.82. The van der Waals surface area contributed by atoms with Crippen molar-refractivity contribution in [2.75, 3.05) is 13.1 Å². The Kier molecular flexibility index (Phi) is 4.55. The van der Waals surface area contributed by atoms with Gasteiger partial charge < -0.3 is 9.32 Å². The maximum atomic E-state index is 13.1. The van der Waals surface area contributed by atoms with Gasteiger partial charge in [0.15, 0.2) is 0 Å². The smallest absolute Gasteiger partial charge is 0.335 e. The topological polar surface area (TPSA) is 50.5 Å². The van der Waals surface area contributed by atoms with Crippen LogP contribution in [-0.2, 0) is 0 Å². The summed E-state index contributed by atoms with van der Waals surface area (Å²) in [5, 5.41) is 0. The third-order valence-corrected chi connectivity index (χ3v) is 4.25. The van der Waals surface area contributed by atoms with E-state index in [9.17, 15) is 14.0 Å². The van der Waals surface area contributed by atoms with Crippen LogP contribution in [0.2, 0.25) is 0 Å². The number of nitrogens with zero attached hydrogens (tertiary/aromatic N) is 1. The molecule has 0 saturated carbocycles. The normalized spacial score (nSPS) is 18.5. The zero-order valence-electron chi connectivity index (χ0n) is 12.7. The fraction of sp³-hybridized carbons (Fsp3) is 0.333. The highest BCUT2D eigenvalue weighted by molar-refractivity contribution is 5.93. The second-order valence-corrected chi connectivity index (χ2v) is 5.84. The molecule has 23 heavy (non-hydrogen) atoms. The van der Waals surface area contributed by atoms with Gasteiger partial charge in [-0.05, 0) is 36.6 Å². The van der Waals surface area contributed by atoms with E-state index in [0.717, 1.165) is 24.8 Å². The van der Waals surface area contributed by atoms with E-state index < -0.39 is 5.63 Å². The van der Waals surface area contributed by atoms with Crippen molar-refractivity contribution < 1.29 is 13.6 Å². The molecule has 0 radical (unpaired) electrons. The lowest BCUT2D eigenvalue weighted by Crippen LogP contribution is -2.34. The van der Waals surface area contributed by atoms with Crippen LogP contribution in [0.3, 0.4) is 0 Å². The van der Waals surface area contributed by atoms with Gasteiger partial charge >= 0.3 is 5.63 Å². The minimum atomic E-state index is -0.471. The Bertz CT molecular complexity index is 718. The molecule has 0 N–H and O–H groups in total. The Hall–Kier alpha value is -2.43. The summed E-state index contributed by atoms with van der Waals surface area (Å²) < 4.78 is 17.9. The number of hydrogen-bond donors (Lipinski definition) is 0. The molecule has 1 aromatic heterocycles. The third kappa shape index (κ3) is 3.67. The number of hydrogen-bond acceptors (Lipinski definition) is 3. The second kappa shape index (κ2) is 6.77. The van der Waals surface area contributed by atoms with Crippen molar-refractivity contribution in [2.24, 2.45) is 0 Å². The highest BCUT2D eigenvalue weighted by atomic mass is 19.1. The highest BCUT2D eigenvalue weighted by Crippen LogP contribution is 2.27. The van der Waals surface area contributed by atoms with Gasteiger partial charge in [-0.1, -0.05) is 18.6 Å². The first-order chi connectivity index (χ1) is 11.1. The monoisotopic (exact) mass is 315 g/mol. The van der Waals surface area contributed by atoms with Crippen molar-refractivity contribution in [3.8, 4) is 0 Å². The standard InChI is InChI=1S/C18H18FNO3/c19-16-7-4-13(5-8-16)14-3-1-2-10-20(11-14)18(22)15-6-9-17(21)23-12-15/h4-9,12,14H,1-3,10-11H2. The van der Waals surface area contributed by atoms with Crippen molar-refractivity contribution in [3.05, 3.63) is 70.0 Å². The van der Waals surface area contributed by atoms with Crippen LogP contribution < -0.4 is 5.63 Å². The molecule has 0 aliphatic carbocycles. The van der Waals surface area contributed by atoms with Crippen LogP contribution >= 0.6 is 0 Å². The SMILES string of the molecule is O=C(c1ccc(=O)oc1)N1CCCCC(c2ccc(F)cc2)C1. The molecular weight excluding hydrogens is 297 g/mol. The Morgan fingerprint density at radius 1 is 1.13 bits per heavy atom. The molecule has 120 valence electrons. The largest absolute Gasteiger partial charge is 0.430 e. The summed E-state index contributed by atoms with van der Waals surface area (Å²) in [5.74, 6) is -0.199. The highest BCUT2D eigenvalue weighted by Gasteiger charge is 2.24. The van der Waals surface area contributed by atoms with E-state index in [1.807, 2.05) is 0 Å². The van der Waals surface area contributed by atoms with Crippen LogP contribution in [0.4, 0.5) is 4.39 Å². The molecule has 1 saturated heterocycles. The number of likely N-dealkylation sites (tertiary alicyclic amines) is 1. The maximum absolute atomic E-state index is 13.1. The number of rotatable bonds is 2. The molecule has 1 amide bonds. The number of carbonyl (C=O) groups is 1. The Morgan fingerprint density at radius 2 is 1.91 bits per heavy atom. The summed E-state index contributed by atoms with van der Waals surface area (Å²) in [4.78, 5) is 25.4. The van der Waals surface area contributed by atoms with E-state index in [0.29, 0.717) is 18.7 Å². The first kappa shape index (κ1) is 15.5. The molecule has 1 fully saturated rings. The van der Waals surface area contributed by atoms with E-state index in [1.54, 1.807) is 17.0 Å². The number of amides is 1. The van der Waals surface area contributed by atoms with Gasteiger partial charge in [0.2, 0.25) is 0 Å². The van der Waals surface area contributed by atoms with E-state index in [1.165, 1.54) is 30.5 Å². The summed E-state index contributed by atoms with van der Waals surface area (Å²) in [5.41, 5.74) is 0.955. The lowest BCUT2D eigenvalue weighted by molar-refractivity contribution is 0.0751. The summed E-state index contributed by atoms with van der Waals surface area (Å²) in [6.07, 6.45) is 4.14. The van der Waals surface area contributed by atoms with Gasteiger partial charge in [-0.25, -0.2) is 9.18 Å². The summed E-state index contributed by atoms with van der Waals surface area (Å²) in [6, 6.07) is 9.23. The molecule has 1 aliphatic heterocycles. The summed E-state index contributed by atoms with van der Waals surface area (Å²) in [7, 11) is 0. The van der Waals surface area contributed by atoms with Crippen molar-refractivity contribution in [1.82, 2.24) is 4.90 Å². The maximum Gasteiger partial charge on any atom is 0.335 e. The summed E-state index contributed by atoms with van der Waals surface area (Å²) >= 11 is 0. The third-order valence-electron chi connectivity index (χ3n) is 4.25. The van der Waals surface area contributed by atoms with Crippen molar-refractivity contribution in [2.45, 2.75) is 25.2 Å². The number of halogens is 1. The first-order valence-corrected chi connectivity index (χ1v) is 7.77. The van der Waals surface area contributed by atoms with Crippen LogP contribution in [0.15, 0.2) is 51.9 Å². The molecule has 0 bridgehead atoms. The predicted octanol–water partition coefficient (Wildman–Crippen LogP) is 3.19. The Balaban J connectivity index is 1.79. The van der Waals surface area contributed by atoms with E-state index in [2.05, 4.69) is 0 Å². The Morgan fingerprint density at radius 3 is 2.61 bits per heavy atom. The number of carbonyl (C=O) groups excluding carboxylic acids is 1. The van der Waals surface area contributed by atoms with Gasteiger partial charge in [0.25, 0.3) is 5.91 Å². The molecule has 3 rings (SSSR count). The first-order valence-electron chi connectivity index (χ1n) is 7.77. The molecule has 1 aromatic carbocycles. The van der Waals surface area contributed by atoms with Crippen molar-refractivity contribution >= 4 is 5.91 Å². The molecule has 5 heteroatoms. The fourth-order valence-electron chi connectivity index (χ4n) is 3.00. The zero-order valence-corrected chi connectivity index (χ0v) is 12.7. The zero-order chi connectivity index (χ0) is 16.2. The van der Waals surface area contributed by atoms with Gasteiger partial charge in [0.05, 0.1) is 5.56 Å². The molecule has 0 spiro atoms. The molecule has 2 aromatic rings. The Labute approximate surface area is 133 Å². The van der Waals surface area contributed by atoms with Crippen molar-refractivity contribution in [1.29, 1.82) is 0 Å². The molecule has 4 nitrogen and oxygen atoms in total. The van der Waals surface area contributed by atoms with Crippen LogP contribution in [0.1, 0.15) is 41.1 Å². The van der Waals surface area contributed by atoms with Gasteiger partial charge in [-0.2, -0.15) is 0 Å². The summed E-state index contributed by atoms with van der Waals surface area (Å²) in [6.45, 7) is 1.26. The van der Waals surface area contributed by atoms with Gasteiger partial charge in [0.1, 0.15) is 12.1 Å². The van der Waals surface area contributed by atoms with Crippen molar-refractivity contribution in [3.63, 3.8) is 0 Å². The molecule has 1 aliphatic rings. The quantitative estimate of drug-likeness (QED) is 0.855. The van der Waals surface area contributed by atoms with E-state index in [-0.39, 0.29) is 17.6 Å². The average molecular weight is 315 g/mol. The molecular formula is C18H18FNO3. The van der Waals surface area contributed by atoms with Crippen LogP contribution in [0.25, 0.3) is 0 Å². The van der Waals surface area contributed by atoms with E-state index >= 15 is 0 Å². The van der Waals surface area contributed by atoms with Gasteiger partial charge in [-0.15, -0.1) is 0 Å². The van der Waals surface area contributed by atoms with E-state index in [4.69, 9.17) is 4.42 Å². The molecule has 2 heterocycles. The number of benzene rings is 1. The minimum Gasteiger partial charge on any atom is -0.430 e. The van der Waals surface area contributed by atoms with Crippen LogP contribution in [-0.4, -0.2) is 23.9 Å². The molecule has 1 unspecified atom stereocenters. The lowest BCUT2D eigenvalue weighted by atomic mass is 9.94. The van der Waals surface area contributed by atoms with Gasteiger partial charge in [0, 0.05) is 25.1 Å². The van der Waals surface area contributed by atoms with Crippen LogP contribution in [0, 0.1) is 5.82 Å². The van der Waals surface area contributed by atoms with Gasteiger partial charge in [-0.3, -0.25) is 4.79 Å².